The van der Waals surface area contributed by atoms with Crippen LogP contribution < -0.4 is 11.1 Å². The zero-order chi connectivity index (χ0) is 15.4. The third kappa shape index (κ3) is 4.59. The smallest absolute Gasteiger partial charge is 0.238 e. The second-order valence-corrected chi connectivity index (χ2v) is 5.99. The van der Waals surface area contributed by atoms with E-state index in [1.807, 2.05) is 4.90 Å². The van der Waals surface area contributed by atoms with Crippen molar-refractivity contribution in [2.75, 3.05) is 25.0 Å². The van der Waals surface area contributed by atoms with Gasteiger partial charge in [-0.25, -0.2) is 0 Å². The summed E-state index contributed by atoms with van der Waals surface area (Å²) >= 11 is 11.8. The molecule has 0 unspecified atom stereocenters. The van der Waals surface area contributed by atoms with Gasteiger partial charge in [-0.1, -0.05) is 23.2 Å². The summed E-state index contributed by atoms with van der Waals surface area (Å²) in [7, 11) is 0. The van der Waals surface area contributed by atoms with Crippen molar-refractivity contribution in [3.8, 4) is 0 Å². The van der Waals surface area contributed by atoms with Crippen LogP contribution in [0.4, 0.5) is 5.69 Å². The van der Waals surface area contributed by atoms with Crippen molar-refractivity contribution in [3.63, 3.8) is 0 Å². The van der Waals surface area contributed by atoms with Crippen LogP contribution in [0.2, 0.25) is 10.0 Å². The van der Waals surface area contributed by atoms with Crippen LogP contribution in [0.25, 0.3) is 0 Å². The predicted octanol–water partition coefficient (Wildman–Crippen LogP) is 2.13. The van der Waals surface area contributed by atoms with Crippen molar-refractivity contribution in [2.45, 2.75) is 12.8 Å². The molecule has 5 nitrogen and oxygen atoms in total. The van der Waals surface area contributed by atoms with Gasteiger partial charge in [0.25, 0.3) is 0 Å². The van der Waals surface area contributed by atoms with Gasteiger partial charge in [0.05, 0.1) is 23.2 Å². The Morgan fingerprint density at radius 2 is 2.14 bits per heavy atom. The number of halogens is 2. The molecule has 0 spiro atoms. The van der Waals surface area contributed by atoms with Gasteiger partial charge < -0.3 is 11.1 Å². The lowest BCUT2D eigenvalue weighted by molar-refractivity contribution is -0.125. The maximum absolute atomic E-state index is 12.0. The molecule has 114 valence electrons. The fourth-order valence-electron chi connectivity index (χ4n) is 2.42. The van der Waals surface area contributed by atoms with Gasteiger partial charge in [0.2, 0.25) is 11.8 Å². The van der Waals surface area contributed by atoms with E-state index in [0.717, 1.165) is 19.4 Å². The average Bonchev–Trinajstić information content (AvgIpc) is 2.42. The quantitative estimate of drug-likeness (QED) is 0.888. The van der Waals surface area contributed by atoms with Crippen molar-refractivity contribution in [1.29, 1.82) is 0 Å². The molecule has 0 saturated carbocycles. The Balaban J connectivity index is 1.91. The molecule has 0 bridgehead atoms. The summed E-state index contributed by atoms with van der Waals surface area (Å²) in [6.45, 7) is 1.52. The molecular weight excluding hydrogens is 313 g/mol. The second kappa shape index (κ2) is 7.11. The summed E-state index contributed by atoms with van der Waals surface area (Å²) in [6, 6.07) is 4.89. The summed E-state index contributed by atoms with van der Waals surface area (Å²) < 4.78 is 0. The number of anilines is 1. The van der Waals surface area contributed by atoms with E-state index >= 15 is 0 Å². The Bertz CT molecular complexity index is 551. The zero-order valence-corrected chi connectivity index (χ0v) is 13.0. The molecule has 1 saturated heterocycles. The molecule has 1 heterocycles. The number of nitrogens with one attached hydrogen (secondary N) is 1. The molecule has 3 N–H and O–H groups in total. The topological polar surface area (TPSA) is 75.4 Å². The second-order valence-electron chi connectivity index (χ2n) is 5.15. The molecule has 21 heavy (non-hydrogen) atoms. The normalized spacial score (nSPS) is 19.2. The molecule has 7 heteroatoms. The van der Waals surface area contributed by atoms with Gasteiger partial charge >= 0.3 is 0 Å². The van der Waals surface area contributed by atoms with E-state index in [4.69, 9.17) is 28.9 Å². The SMILES string of the molecule is NC(=O)[C@@H]1CCCN(CC(=O)Nc2ccc(Cl)cc2Cl)C1. The van der Waals surface area contributed by atoms with E-state index in [1.165, 1.54) is 0 Å². The highest BCUT2D eigenvalue weighted by Gasteiger charge is 2.25. The van der Waals surface area contributed by atoms with Gasteiger partial charge in [0, 0.05) is 11.6 Å². The molecule has 0 radical (unpaired) electrons. The zero-order valence-electron chi connectivity index (χ0n) is 11.4. The number of nitrogens with zero attached hydrogens (tertiary/aromatic N) is 1. The molecule has 1 fully saturated rings. The molecule has 2 rings (SSSR count). The number of likely N-dealkylation sites (tertiary alicyclic amines) is 1. The van der Waals surface area contributed by atoms with Gasteiger partial charge in [0.15, 0.2) is 0 Å². The van der Waals surface area contributed by atoms with Crippen molar-refractivity contribution in [1.82, 2.24) is 4.90 Å². The lowest BCUT2D eigenvalue weighted by atomic mass is 9.97. The molecule has 0 aromatic heterocycles. The molecular formula is C14H17Cl2N3O2. The van der Waals surface area contributed by atoms with Crippen LogP contribution in [0.1, 0.15) is 12.8 Å². The third-order valence-corrected chi connectivity index (χ3v) is 4.03. The number of carbonyl (C=O) groups is 2. The number of carbonyl (C=O) groups excluding carboxylic acids is 2. The highest BCUT2D eigenvalue weighted by Crippen LogP contribution is 2.25. The van der Waals surface area contributed by atoms with E-state index < -0.39 is 0 Å². The van der Waals surface area contributed by atoms with Gasteiger partial charge in [-0.05, 0) is 37.6 Å². The third-order valence-electron chi connectivity index (χ3n) is 3.48. The Kier molecular flexibility index (Phi) is 5.45. The summed E-state index contributed by atoms with van der Waals surface area (Å²) in [6.07, 6.45) is 1.65. The van der Waals surface area contributed by atoms with Crippen molar-refractivity contribution >= 4 is 40.7 Å². The standard InChI is InChI=1S/C14H17Cl2N3O2/c15-10-3-4-12(11(16)6-10)18-13(20)8-19-5-1-2-9(7-19)14(17)21/h3-4,6,9H,1-2,5,7-8H2,(H2,17,21)(H,18,20)/t9-/m1/s1. The number of piperidine rings is 1. The van der Waals surface area contributed by atoms with Gasteiger partial charge in [-0.2, -0.15) is 0 Å². The molecule has 1 aromatic rings. The number of primary amides is 1. The van der Waals surface area contributed by atoms with Crippen molar-refractivity contribution in [3.05, 3.63) is 28.2 Å². The van der Waals surface area contributed by atoms with Gasteiger partial charge in [-0.15, -0.1) is 0 Å². The highest BCUT2D eigenvalue weighted by atomic mass is 35.5. The average molecular weight is 330 g/mol. The van der Waals surface area contributed by atoms with Crippen molar-refractivity contribution < 1.29 is 9.59 Å². The minimum atomic E-state index is -0.305. The van der Waals surface area contributed by atoms with E-state index in [9.17, 15) is 9.59 Å². The van der Waals surface area contributed by atoms with E-state index in [-0.39, 0.29) is 24.3 Å². The summed E-state index contributed by atoms with van der Waals surface area (Å²) in [4.78, 5) is 25.2. The van der Waals surface area contributed by atoms with Crippen LogP contribution in [-0.2, 0) is 9.59 Å². The molecule has 2 amide bonds. The Hall–Kier alpha value is -1.30. The minimum absolute atomic E-state index is 0.175. The fraction of sp³-hybridized carbons (Fsp3) is 0.429. The van der Waals surface area contributed by atoms with Crippen molar-refractivity contribution in [2.24, 2.45) is 11.7 Å². The molecule has 1 aliphatic heterocycles. The predicted molar refractivity (Wildman–Crippen MR) is 83.5 cm³/mol. The number of hydrogen-bond acceptors (Lipinski definition) is 3. The molecule has 1 aromatic carbocycles. The maximum atomic E-state index is 12.0. The minimum Gasteiger partial charge on any atom is -0.369 e. The first-order valence-corrected chi connectivity index (χ1v) is 7.48. The Morgan fingerprint density at radius 3 is 2.81 bits per heavy atom. The monoisotopic (exact) mass is 329 g/mol. The van der Waals surface area contributed by atoms with E-state index in [2.05, 4.69) is 5.32 Å². The summed E-state index contributed by atoms with van der Waals surface area (Å²) in [5.41, 5.74) is 5.84. The first-order chi connectivity index (χ1) is 9.95. The summed E-state index contributed by atoms with van der Waals surface area (Å²) in [5, 5.41) is 3.65. The molecule has 1 atom stereocenters. The highest BCUT2D eigenvalue weighted by molar-refractivity contribution is 6.36. The van der Waals surface area contributed by atoms with Gasteiger partial charge in [-0.3, -0.25) is 14.5 Å². The Labute approximate surface area is 133 Å². The lowest BCUT2D eigenvalue weighted by Crippen LogP contribution is -2.44. The van der Waals surface area contributed by atoms with Crippen LogP contribution in [0.3, 0.4) is 0 Å². The largest absolute Gasteiger partial charge is 0.369 e. The maximum Gasteiger partial charge on any atom is 0.238 e. The number of rotatable bonds is 4. The fourth-order valence-corrected chi connectivity index (χ4v) is 2.87. The Morgan fingerprint density at radius 1 is 1.38 bits per heavy atom. The number of amides is 2. The van der Waals surface area contributed by atoms with E-state index in [1.54, 1.807) is 18.2 Å². The lowest BCUT2D eigenvalue weighted by Gasteiger charge is -2.30. The first kappa shape index (κ1) is 16.1. The van der Waals surface area contributed by atoms with Gasteiger partial charge in [0.1, 0.15) is 0 Å². The van der Waals surface area contributed by atoms with Crippen LogP contribution in [0, 0.1) is 5.92 Å². The molecule has 0 aliphatic carbocycles. The summed E-state index contributed by atoms with van der Waals surface area (Å²) in [5.74, 6) is -0.657. The van der Waals surface area contributed by atoms with Crippen LogP contribution in [0.15, 0.2) is 18.2 Å². The number of benzene rings is 1. The molecule has 1 aliphatic rings. The number of hydrogen-bond donors (Lipinski definition) is 2. The van der Waals surface area contributed by atoms with Crippen LogP contribution in [0.5, 0.6) is 0 Å². The number of nitrogens with two attached hydrogens (primary N) is 1. The van der Waals surface area contributed by atoms with E-state index in [0.29, 0.717) is 22.3 Å². The van der Waals surface area contributed by atoms with Crippen LogP contribution in [-0.4, -0.2) is 36.3 Å². The van der Waals surface area contributed by atoms with Crippen LogP contribution >= 0.6 is 23.2 Å². The first-order valence-electron chi connectivity index (χ1n) is 6.72.